The lowest BCUT2D eigenvalue weighted by atomic mass is 10.2. The Balaban J connectivity index is 1.70. The van der Waals surface area contributed by atoms with E-state index in [0.29, 0.717) is 31.7 Å². The van der Waals surface area contributed by atoms with Gasteiger partial charge in [-0.05, 0) is 26.3 Å². The van der Waals surface area contributed by atoms with Gasteiger partial charge in [0.25, 0.3) is 11.8 Å². The predicted molar refractivity (Wildman–Crippen MR) is 94.5 cm³/mol. The second-order valence-electron chi connectivity index (χ2n) is 6.63. The van der Waals surface area contributed by atoms with Crippen molar-refractivity contribution >= 4 is 11.8 Å². The Kier molecular flexibility index (Phi) is 4.65. The molecule has 0 bridgehead atoms. The molecular weight excluding hydrogens is 318 g/mol. The monoisotopic (exact) mass is 343 g/mol. The molecule has 3 rings (SSSR count). The second-order valence-corrected chi connectivity index (χ2v) is 6.63. The van der Waals surface area contributed by atoms with Crippen LogP contribution in [0.2, 0.25) is 0 Å². The van der Waals surface area contributed by atoms with E-state index in [4.69, 9.17) is 0 Å². The van der Waals surface area contributed by atoms with Crippen LogP contribution in [-0.2, 0) is 14.1 Å². The Morgan fingerprint density at radius 1 is 0.920 bits per heavy atom. The Hall–Kier alpha value is -2.57. The molecule has 2 amide bonds. The number of aromatic nitrogens is 3. The van der Waals surface area contributed by atoms with Crippen LogP contribution in [0.5, 0.6) is 0 Å². The molecule has 2 aromatic heterocycles. The minimum atomic E-state index is -0.00390. The SMILES string of the molecule is Cc1c(C(=O)N2CCCN(C(=O)c3cnn(C)c3C)CC2)ccn1C. The Labute approximate surface area is 147 Å². The number of carbonyl (C=O) groups excluding carboxylic acids is 2. The van der Waals surface area contributed by atoms with Gasteiger partial charge in [-0.3, -0.25) is 14.3 Å². The molecule has 0 aromatic carbocycles. The fourth-order valence-electron chi connectivity index (χ4n) is 3.21. The number of rotatable bonds is 2. The first-order valence-corrected chi connectivity index (χ1v) is 8.59. The van der Waals surface area contributed by atoms with Crippen molar-refractivity contribution < 1.29 is 9.59 Å². The number of hydrogen-bond donors (Lipinski definition) is 0. The predicted octanol–water partition coefficient (Wildman–Crippen LogP) is 1.36. The summed E-state index contributed by atoms with van der Waals surface area (Å²) in [5.41, 5.74) is 3.21. The van der Waals surface area contributed by atoms with Gasteiger partial charge in [0.15, 0.2) is 0 Å². The summed E-state index contributed by atoms with van der Waals surface area (Å²) in [6.07, 6.45) is 4.31. The largest absolute Gasteiger partial charge is 0.354 e. The third-order valence-electron chi connectivity index (χ3n) is 5.15. The summed E-state index contributed by atoms with van der Waals surface area (Å²) in [7, 11) is 3.77. The zero-order valence-corrected chi connectivity index (χ0v) is 15.3. The van der Waals surface area contributed by atoms with E-state index < -0.39 is 0 Å². The lowest BCUT2D eigenvalue weighted by Gasteiger charge is -2.22. The molecule has 0 atom stereocenters. The third kappa shape index (κ3) is 3.18. The van der Waals surface area contributed by atoms with E-state index in [1.165, 1.54) is 0 Å². The highest BCUT2D eigenvalue weighted by molar-refractivity contribution is 5.96. The number of amides is 2. The van der Waals surface area contributed by atoms with Crippen molar-refractivity contribution in [3.05, 3.63) is 41.0 Å². The van der Waals surface area contributed by atoms with Crippen LogP contribution in [0.1, 0.15) is 38.5 Å². The molecule has 2 aromatic rings. The average molecular weight is 343 g/mol. The maximum Gasteiger partial charge on any atom is 0.257 e. The molecule has 3 heterocycles. The van der Waals surface area contributed by atoms with Crippen LogP contribution < -0.4 is 0 Å². The van der Waals surface area contributed by atoms with Crippen LogP contribution in [0.15, 0.2) is 18.5 Å². The van der Waals surface area contributed by atoms with E-state index in [1.54, 1.807) is 10.9 Å². The van der Waals surface area contributed by atoms with Crippen LogP contribution in [0.25, 0.3) is 0 Å². The van der Waals surface area contributed by atoms with Gasteiger partial charge in [-0.2, -0.15) is 5.10 Å². The van der Waals surface area contributed by atoms with Gasteiger partial charge < -0.3 is 14.4 Å². The molecule has 1 fully saturated rings. The maximum atomic E-state index is 12.8. The lowest BCUT2D eigenvalue weighted by molar-refractivity contribution is 0.0718. The van der Waals surface area contributed by atoms with Gasteiger partial charge in [0.1, 0.15) is 0 Å². The topological polar surface area (TPSA) is 63.4 Å². The molecule has 0 saturated carbocycles. The average Bonchev–Trinajstić information content (AvgIpc) is 2.98. The Bertz CT molecular complexity index is 738. The minimum absolute atomic E-state index is 0.00390. The van der Waals surface area contributed by atoms with Crippen LogP contribution in [0, 0.1) is 13.8 Å². The quantitative estimate of drug-likeness (QED) is 0.827. The maximum absolute atomic E-state index is 12.8. The molecule has 0 aliphatic carbocycles. The molecule has 7 heteroatoms. The van der Waals surface area contributed by atoms with Crippen molar-refractivity contribution in [1.82, 2.24) is 24.1 Å². The molecule has 7 nitrogen and oxygen atoms in total. The van der Waals surface area contributed by atoms with Crippen molar-refractivity contribution in [2.24, 2.45) is 14.1 Å². The number of nitrogens with zero attached hydrogens (tertiary/aromatic N) is 5. The summed E-state index contributed by atoms with van der Waals surface area (Å²) in [5.74, 6) is 0.0424. The van der Waals surface area contributed by atoms with E-state index in [2.05, 4.69) is 5.10 Å². The number of aryl methyl sites for hydroxylation is 2. The van der Waals surface area contributed by atoms with Gasteiger partial charge in [0.05, 0.1) is 17.3 Å². The third-order valence-corrected chi connectivity index (χ3v) is 5.15. The van der Waals surface area contributed by atoms with Crippen molar-refractivity contribution in [1.29, 1.82) is 0 Å². The zero-order chi connectivity index (χ0) is 18.1. The van der Waals surface area contributed by atoms with E-state index in [0.717, 1.165) is 23.4 Å². The summed E-state index contributed by atoms with van der Waals surface area (Å²) in [5, 5.41) is 4.15. The molecule has 0 spiro atoms. The minimum Gasteiger partial charge on any atom is -0.354 e. The van der Waals surface area contributed by atoms with E-state index in [9.17, 15) is 9.59 Å². The molecule has 1 aliphatic rings. The Morgan fingerprint density at radius 2 is 1.52 bits per heavy atom. The molecule has 1 aliphatic heterocycles. The fraction of sp³-hybridized carbons (Fsp3) is 0.500. The van der Waals surface area contributed by atoms with Gasteiger partial charge in [-0.15, -0.1) is 0 Å². The molecule has 25 heavy (non-hydrogen) atoms. The van der Waals surface area contributed by atoms with Gasteiger partial charge >= 0.3 is 0 Å². The van der Waals surface area contributed by atoms with Crippen LogP contribution in [0.3, 0.4) is 0 Å². The van der Waals surface area contributed by atoms with Crippen LogP contribution in [-0.4, -0.2) is 62.1 Å². The summed E-state index contributed by atoms with van der Waals surface area (Å²) < 4.78 is 3.66. The number of hydrogen-bond acceptors (Lipinski definition) is 3. The highest BCUT2D eigenvalue weighted by Gasteiger charge is 2.26. The number of carbonyl (C=O) groups is 2. The van der Waals surface area contributed by atoms with Crippen molar-refractivity contribution in [2.45, 2.75) is 20.3 Å². The smallest absolute Gasteiger partial charge is 0.257 e. The summed E-state index contributed by atoms with van der Waals surface area (Å²) >= 11 is 0. The molecular formula is C18H25N5O2. The Morgan fingerprint density at radius 3 is 2.00 bits per heavy atom. The van der Waals surface area contributed by atoms with Gasteiger partial charge in [0, 0.05) is 57.9 Å². The highest BCUT2D eigenvalue weighted by atomic mass is 16.2. The summed E-state index contributed by atoms with van der Waals surface area (Å²) in [6, 6.07) is 1.87. The normalized spacial score (nSPS) is 15.4. The molecule has 0 unspecified atom stereocenters. The van der Waals surface area contributed by atoms with Crippen LogP contribution in [0.4, 0.5) is 0 Å². The van der Waals surface area contributed by atoms with Crippen LogP contribution >= 0.6 is 0 Å². The van der Waals surface area contributed by atoms with Crippen molar-refractivity contribution in [2.75, 3.05) is 26.2 Å². The van der Waals surface area contributed by atoms with Crippen molar-refractivity contribution in [3.8, 4) is 0 Å². The first kappa shape index (κ1) is 17.3. The summed E-state index contributed by atoms with van der Waals surface area (Å²) in [4.78, 5) is 29.2. The first-order valence-electron chi connectivity index (χ1n) is 8.59. The van der Waals surface area contributed by atoms with Crippen molar-refractivity contribution in [3.63, 3.8) is 0 Å². The van der Waals surface area contributed by atoms with Gasteiger partial charge in [0.2, 0.25) is 0 Å². The van der Waals surface area contributed by atoms with E-state index >= 15 is 0 Å². The lowest BCUT2D eigenvalue weighted by Crippen LogP contribution is -2.37. The molecule has 1 saturated heterocycles. The first-order chi connectivity index (χ1) is 11.9. The van der Waals surface area contributed by atoms with E-state index in [-0.39, 0.29) is 11.8 Å². The van der Waals surface area contributed by atoms with Gasteiger partial charge in [-0.1, -0.05) is 0 Å². The zero-order valence-electron chi connectivity index (χ0n) is 15.3. The molecule has 134 valence electrons. The molecule has 0 N–H and O–H groups in total. The van der Waals surface area contributed by atoms with E-state index in [1.807, 2.05) is 54.6 Å². The second kappa shape index (κ2) is 6.74. The molecule has 0 radical (unpaired) electrons. The van der Waals surface area contributed by atoms with Gasteiger partial charge in [-0.25, -0.2) is 0 Å². The highest BCUT2D eigenvalue weighted by Crippen LogP contribution is 2.16. The summed E-state index contributed by atoms with van der Waals surface area (Å²) in [6.45, 7) is 6.27. The standard InChI is InChI=1S/C18H25N5O2/c1-13-15(6-9-20(13)3)17(24)22-7-5-8-23(11-10-22)18(25)16-12-19-21(4)14(16)2/h6,9,12H,5,7-8,10-11H2,1-4H3. The fourth-order valence-corrected chi connectivity index (χ4v) is 3.21.